The van der Waals surface area contributed by atoms with Gasteiger partial charge in [-0.15, -0.1) is 0 Å². The lowest BCUT2D eigenvalue weighted by atomic mass is 9.99. The van der Waals surface area contributed by atoms with Crippen molar-refractivity contribution in [3.05, 3.63) is 35.9 Å². The molecule has 2 fully saturated rings. The highest BCUT2D eigenvalue weighted by atomic mass is 16.6. The van der Waals surface area contributed by atoms with Crippen LogP contribution in [0, 0.1) is 0 Å². The van der Waals surface area contributed by atoms with Crippen LogP contribution in [0.5, 0.6) is 0 Å². The second-order valence-corrected chi connectivity index (χ2v) is 4.64. The second-order valence-electron chi connectivity index (χ2n) is 4.64. The maximum absolute atomic E-state index is 11.1. The summed E-state index contributed by atoms with van der Waals surface area (Å²) >= 11 is 0. The highest BCUT2D eigenvalue weighted by Gasteiger charge is 2.53. The van der Waals surface area contributed by atoms with E-state index >= 15 is 0 Å². The Kier molecular flexibility index (Phi) is 2.81. The predicted molar refractivity (Wildman–Crippen MR) is 60.6 cm³/mol. The molecule has 2 N–H and O–H groups in total. The summed E-state index contributed by atoms with van der Waals surface area (Å²) in [4.78, 5) is 11.1. The Balaban J connectivity index is 1.77. The molecule has 0 radical (unpaired) electrons. The topological polar surface area (TPSA) is 76.0 Å². The number of carbonyl (C=O) groups is 1. The van der Waals surface area contributed by atoms with E-state index in [1.165, 1.54) is 0 Å². The maximum atomic E-state index is 11.1. The standard InChI is InChI=1S/C13H14O5/c14-9-6-8-12(18-9)11(16)13(17-8)10(15)7-4-2-1-3-5-7/h1-5,8,10-13,15-16H,6H2/t8-,10+,11-,12+,13+/m1/s1. The van der Waals surface area contributed by atoms with E-state index in [1.807, 2.05) is 6.07 Å². The number of aliphatic hydroxyl groups excluding tert-OH is 2. The van der Waals surface area contributed by atoms with E-state index in [2.05, 4.69) is 0 Å². The summed E-state index contributed by atoms with van der Waals surface area (Å²) in [6.45, 7) is 0. The number of aliphatic hydroxyl groups is 2. The number of hydrogen-bond donors (Lipinski definition) is 2. The van der Waals surface area contributed by atoms with E-state index in [-0.39, 0.29) is 12.4 Å². The normalized spacial score (nSPS) is 36.2. The first kappa shape index (κ1) is 11.6. The monoisotopic (exact) mass is 250 g/mol. The van der Waals surface area contributed by atoms with Gasteiger partial charge in [-0.05, 0) is 5.56 Å². The van der Waals surface area contributed by atoms with Crippen LogP contribution in [0.4, 0.5) is 0 Å². The van der Waals surface area contributed by atoms with Gasteiger partial charge < -0.3 is 19.7 Å². The Morgan fingerprint density at radius 2 is 2.00 bits per heavy atom. The smallest absolute Gasteiger partial charge is 0.309 e. The van der Waals surface area contributed by atoms with E-state index < -0.39 is 30.5 Å². The lowest BCUT2D eigenvalue weighted by molar-refractivity contribution is -0.147. The summed E-state index contributed by atoms with van der Waals surface area (Å²) in [7, 11) is 0. The van der Waals surface area contributed by atoms with Crippen molar-refractivity contribution in [3.63, 3.8) is 0 Å². The van der Waals surface area contributed by atoms with Gasteiger partial charge in [-0.25, -0.2) is 0 Å². The van der Waals surface area contributed by atoms with Crippen molar-refractivity contribution < 1.29 is 24.5 Å². The average Bonchev–Trinajstić information content (AvgIpc) is 2.88. The van der Waals surface area contributed by atoms with Crippen molar-refractivity contribution >= 4 is 5.97 Å². The predicted octanol–water partition coefficient (Wildman–Crippen LogP) is 0.164. The zero-order valence-corrected chi connectivity index (χ0v) is 9.60. The summed E-state index contributed by atoms with van der Waals surface area (Å²) in [5.41, 5.74) is 0.674. The third-order valence-electron chi connectivity index (χ3n) is 3.46. The molecule has 2 saturated heterocycles. The first-order valence-electron chi connectivity index (χ1n) is 5.93. The zero-order valence-electron chi connectivity index (χ0n) is 9.60. The highest BCUT2D eigenvalue weighted by molar-refractivity contribution is 5.73. The molecule has 5 heteroatoms. The summed E-state index contributed by atoms with van der Waals surface area (Å²) < 4.78 is 10.5. The molecule has 0 unspecified atom stereocenters. The molecule has 0 saturated carbocycles. The molecule has 5 nitrogen and oxygen atoms in total. The Morgan fingerprint density at radius 3 is 2.67 bits per heavy atom. The van der Waals surface area contributed by atoms with Gasteiger partial charge in [-0.1, -0.05) is 30.3 Å². The molecular formula is C13H14O5. The Hall–Kier alpha value is -1.43. The minimum Gasteiger partial charge on any atom is -0.457 e. The van der Waals surface area contributed by atoms with Gasteiger partial charge in [0.2, 0.25) is 0 Å². The van der Waals surface area contributed by atoms with Crippen LogP contribution < -0.4 is 0 Å². The zero-order chi connectivity index (χ0) is 12.7. The molecule has 0 bridgehead atoms. The Morgan fingerprint density at radius 1 is 1.28 bits per heavy atom. The molecule has 5 atom stereocenters. The van der Waals surface area contributed by atoms with Gasteiger partial charge in [0.1, 0.15) is 24.4 Å². The van der Waals surface area contributed by atoms with Gasteiger partial charge in [-0.2, -0.15) is 0 Å². The van der Waals surface area contributed by atoms with Gasteiger partial charge in [0, 0.05) is 0 Å². The van der Waals surface area contributed by atoms with Gasteiger partial charge in [0.05, 0.1) is 6.42 Å². The molecule has 3 rings (SSSR count). The summed E-state index contributed by atoms with van der Waals surface area (Å²) in [5, 5.41) is 20.2. The Bertz CT molecular complexity index is 446. The van der Waals surface area contributed by atoms with Crippen LogP contribution in [0.15, 0.2) is 30.3 Å². The van der Waals surface area contributed by atoms with E-state index in [0.717, 1.165) is 0 Å². The lowest BCUT2D eigenvalue weighted by Gasteiger charge is -2.22. The third kappa shape index (κ3) is 1.80. The number of carbonyl (C=O) groups excluding carboxylic acids is 1. The van der Waals surface area contributed by atoms with Crippen molar-refractivity contribution in [1.29, 1.82) is 0 Å². The van der Waals surface area contributed by atoms with Crippen LogP contribution in [0.2, 0.25) is 0 Å². The van der Waals surface area contributed by atoms with Crippen LogP contribution in [0.3, 0.4) is 0 Å². The molecule has 18 heavy (non-hydrogen) atoms. The molecule has 2 aliphatic heterocycles. The number of ether oxygens (including phenoxy) is 2. The van der Waals surface area contributed by atoms with Gasteiger partial charge in [0.15, 0.2) is 6.10 Å². The minimum atomic E-state index is -0.989. The number of rotatable bonds is 2. The third-order valence-corrected chi connectivity index (χ3v) is 3.46. The fourth-order valence-electron chi connectivity index (χ4n) is 2.54. The maximum Gasteiger partial charge on any atom is 0.309 e. The van der Waals surface area contributed by atoms with Crippen molar-refractivity contribution in [2.75, 3.05) is 0 Å². The van der Waals surface area contributed by atoms with Crippen molar-refractivity contribution in [2.24, 2.45) is 0 Å². The van der Waals surface area contributed by atoms with Crippen LogP contribution >= 0.6 is 0 Å². The van der Waals surface area contributed by atoms with Crippen LogP contribution in [-0.4, -0.2) is 40.6 Å². The van der Waals surface area contributed by atoms with E-state index in [9.17, 15) is 15.0 Å². The number of hydrogen-bond acceptors (Lipinski definition) is 5. The van der Waals surface area contributed by atoms with Crippen molar-refractivity contribution in [2.45, 2.75) is 36.9 Å². The molecule has 0 aliphatic carbocycles. The number of benzene rings is 1. The van der Waals surface area contributed by atoms with Gasteiger partial charge in [-0.3, -0.25) is 4.79 Å². The number of esters is 1. The van der Waals surface area contributed by atoms with Crippen LogP contribution in [0.25, 0.3) is 0 Å². The molecule has 0 spiro atoms. The molecule has 1 aromatic carbocycles. The Labute approximate surface area is 104 Å². The van der Waals surface area contributed by atoms with Crippen molar-refractivity contribution in [1.82, 2.24) is 0 Å². The quantitative estimate of drug-likeness (QED) is 0.731. The average molecular weight is 250 g/mol. The van der Waals surface area contributed by atoms with Crippen LogP contribution in [0.1, 0.15) is 18.1 Å². The van der Waals surface area contributed by atoms with E-state index in [0.29, 0.717) is 5.56 Å². The molecule has 2 aliphatic rings. The first-order valence-corrected chi connectivity index (χ1v) is 5.93. The fraction of sp³-hybridized carbons (Fsp3) is 0.462. The fourth-order valence-corrected chi connectivity index (χ4v) is 2.54. The summed E-state index contributed by atoms with van der Waals surface area (Å²) in [6, 6.07) is 8.99. The van der Waals surface area contributed by atoms with Gasteiger partial charge >= 0.3 is 5.97 Å². The minimum absolute atomic E-state index is 0.139. The van der Waals surface area contributed by atoms with E-state index in [4.69, 9.17) is 9.47 Å². The first-order chi connectivity index (χ1) is 8.66. The molecule has 2 heterocycles. The molecular weight excluding hydrogens is 236 g/mol. The highest BCUT2D eigenvalue weighted by Crippen LogP contribution is 2.36. The van der Waals surface area contributed by atoms with Crippen molar-refractivity contribution in [3.8, 4) is 0 Å². The summed E-state index contributed by atoms with van der Waals surface area (Å²) in [6.07, 6.45) is -3.63. The summed E-state index contributed by atoms with van der Waals surface area (Å²) in [5.74, 6) is -0.364. The largest absolute Gasteiger partial charge is 0.457 e. The lowest BCUT2D eigenvalue weighted by Crippen LogP contribution is -2.35. The van der Waals surface area contributed by atoms with Gasteiger partial charge in [0.25, 0.3) is 0 Å². The molecule has 96 valence electrons. The molecule has 0 amide bonds. The molecule has 1 aromatic rings. The molecule has 0 aromatic heterocycles. The van der Waals surface area contributed by atoms with E-state index in [1.54, 1.807) is 24.3 Å². The van der Waals surface area contributed by atoms with Crippen LogP contribution in [-0.2, 0) is 14.3 Å². The SMILES string of the molecule is O=C1C[C@H]2O[C@@H]([C@@H](O)c3ccccc3)[C@H](O)[C@H]2O1. The second kappa shape index (κ2) is 4.35. The number of fused-ring (bicyclic) bond motifs is 1.